The number of hydrogen-bond acceptors (Lipinski definition) is 8. The zero-order chi connectivity index (χ0) is 23.3. The Bertz CT molecular complexity index is 579. The maximum Gasteiger partial charge on any atom is 0.326 e. The van der Waals surface area contributed by atoms with Crippen molar-refractivity contribution in [2.75, 3.05) is 18.9 Å². The van der Waals surface area contributed by atoms with Gasteiger partial charge in [0.25, 0.3) is 0 Å². The van der Waals surface area contributed by atoms with Crippen LogP contribution in [0.4, 0.5) is 0 Å². The van der Waals surface area contributed by atoms with Gasteiger partial charge in [-0.3, -0.25) is 14.4 Å². The minimum Gasteiger partial charge on any atom is -0.480 e. The summed E-state index contributed by atoms with van der Waals surface area (Å²) in [5.41, 5.74) is 11.2. The van der Waals surface area contributed by atoms with Gasteiger partial charge in [-0.15, -0.1) is 0 Å². The third kappa shape index (κ3) is 9.74. The fraction of sp³-hybridized carbons (Fsp3) is 0.778. The molecule has 0 bridgehead atoms. The van der Waals surface area contributed by atoms with Gasteiger partial charge in [0.2, 0.25) is 17.7 Å². The van der Waals surface area contributed by atoms with E-state index in [9.17, 15) is 29.4 Å². The van der Waals surface area contributed by atoms with Gasteiger partial charge in [0, 0.05) is 5.75 Å². The van der Waals surface area contributed by atoms with E-state index in [2.05, 4.69) is 28.6 Å². The average Bonchev–Trinajstić information content (AvgIpc) is 2.72. The van der Waals surface area contributed by atoms with Crippen LogP contribution in [0.1, 0.15) is 39.5 Å². The largest absolute Gasteiger partial charge is 0.480 e. The molecule has 0 aromatic carbocycles. The quantitative estimate of drug-likeness (QED) is 0.103. The number of rotatable bonds is 15. The number of aliphatic hydroxyl groups is 1. The van der Waals surface area contributed by atoms with Crippen LogP contribution in [0.3, 0.4) is 0 Å². The van der Waals surface area contributed by atoms with Crippen molar-refractivity contribution >= 4 is 36.3 Å². The number of carbonyl (C=O) groups is 4. The number of carbonyl (C=O) groups excluding carboxylic acids is 3. The highest BCUT2D eigenvalue weighted by Crippen LogP contribution is 2.08. The second-order valence-corrected chi connectivity index (χ2v) is 7.45. The van der Waals surface area contributed by atoms with E-state index >= 15 is 0 Å². The number of nitrogens with two attached hydrogens (primary N) is 2. The topological polar surface area (TPSA) is 197 Å². The summed E-state index contributed by atoms with van der Waals surface area (Å²) >= 11 is 4.04. The van der Waals surface area contributed by atoms with Gasteiger partial charge >= 0.3 is 5.97 Å². The number of unbranched alkanes of at least 4 members (excludes halogenated alkanes) is 1. The third-order valence-corrected chi connectivity index (χ3v) is 5.08. The molecule has 0 aromatic heterocycles. The first-order chi connectivity index (χ1) is 14.1. The predicted molar refractivity (Wildman–Crippen MR) is 115 cm³/mol. The standard InChI is InChI=1S/C18H35N5O6S/c1-3-10(2)14(18(28)29)23-16(26)12(8-24)21-17(27)13(9-30)22-15(25)11(20)6-4-5-7-19/h10-14,24,30H,3-9,19-20H2,1-2H3,(H,21,27)(H,22,25)(H,23,26)(H,28,29). The molecule has 0 aromatic rings. The van der Waals surface area contributed by atoms with Crippen LogP contribution >= 0.6 is 12.6 Å². The van der Waals surface area contributed by atoms with Crippen LogP contribution in [0.25, 0.3) is 0 Å². The zero-order valence-electron chi connectivity index (χ0n) is 17.5. The molecule has 5 unspecified atom stereocenters. The predicted octanol–water partition coefficient (Wildman–Crippen LogP) is -2.05. The molecule has 0 saturated heterocycles. The molecule has 0 fully saturated rings. The number of aliphatic hydroxyl groups excluding tert-OH is 1. The lowest BCUT2D eigenvalue weighted by Gasteiger charge is -2.25. The van der Waals surface area contributed by atoms with Gasteiger partial charge in [0.1, 0.15) is 18.1 Å². The maximum absolute atomic E-state index is 12.4. The molecular formula is C18H35N5O6S. The summed E-state index contributed by atoms with van der Waals surface area (Å²) in [6.07, 6.45) is 2.29. The second-order valence-electron chi connectivity index (χ2n) is 7.09. The molecule has 30 heavy (non-hydrogen) atoms. The number of carboxylic acid groups (broad SMARTS) is 1. The first kappa shape index (κ1) is 28.1. The van der Waals surface area contributed by atoms with E-state index in [1.807, 2.05) is 0 Å². The Morgan fingerprint density at radius 3 is 2.03 bits per heavy atom. The van der Waals surface area contributed by atoms with Crippen molar-refractivity contribution in [3.8, 4) is 0 Å². The molecule has 3 amide bonds. The van der Waals surface area contributed by atoms with Crippen LogP contribution in [0.5, 0.6) is 0 Å². The third-order valence-electron chi connectivity index (χ3n) is 4.71. The van der Waals surface area contributed by atoms with E-state index in [1.54, 1.807) is 13.8 Å². The number of amides is 3. The second kappa shape index (κ2) is 15.0. The Kier molecular flexibility index (Phi) is 14.0. The summed E-state index contributed by atoms with van der Waals surface area (Å²) in [4.78, 5) is 48.3. The Labute approximate surface area is 182 Å². The lowest BCUT2D eigenvalue weighted by Crippen LogP contribution is -2.59. The molecule has 174 valence electrons. The van der Waals surface area contributed by atoms with E-state index in [1.165, 1.54) is 0 Å². The number of nitrogens with one attached hydrogen (secondary N) is 3. The molecular weight excluding hydrogens is 414 g/mol. The van der Waals surface area contributed by atoms with Gasteiger partial charge in [-0.25, -0.2) is 4.79 Å². The smallest absolute Gasteiger partial charge is 0.326 e. The molecule has 12 heteroatoms. The molecule has 0 rings (SSSR count). The fourth-order valence-electron chi connectivity index (χ4n) is 2.52. The zero-order valence-corrected chi connectivity index (χ0v) is 18.4. The van der Waals surface area contributed by atoms with E-state index in [0.29, 0.717) is 25.8 Å². The molecule has 0 aliphatic heterocycles. The summed E-state index contributed by atoms with van der Waals surface area (Å²) in [5, 5.41) is 25.8. The SMILES string of the molecule is CCC(C)C(NC(=O)C(CO)NC(=O)C(CS)NC(=O)C(N)CCCCN)C(=O)O. The highest BCUT2D eigenvalue weighted by Gasteiger charge is 2.31. The van der Waals surface area contributed by atoms with Crippen LogP contribution < -0.4 is 27.4 Å². The highest BCUT2D eigenvalue weighted by atomic mass is 32.1. The molecule has 11 nitrogen and oxygen atoms in total. The lowest BCUT2D eigenvalue weighted by atomic mass is 9.99. The van der Waals surface area contributed by atoms with Crippen LogP contribution in [-0.2, 0) is 19.2 Å². The van der Waals surface area contributed by atoms with Crippen molar-refractivity contribution < 1.29 is 29.4 Å². The fourth-order valence-corrected chi connectivity index (χ4v) is 2.77. The van der Waals surface area contributed by atoms with Gasteiger partial charge in [-0.2, -0.15) is 12.6 Å². The normalized spacial score (nSPS) is 15.9. The summed E-state index contributed by atoms with van der Waals surface area (Å²) in [7, 11) is 0. The minimum absolute atomic E-state index is 0.0719. The van der Waals surface area contributed by atoms with E-state index < -0.39 is 54.5 Å². The molecule has 0 radical (unpaired) electrons. The van der Waals surface area contributed by atoms with E-state index in [0.717, 1.165) is 6.42 Å². The summed E-state index contributed by atoms with van der Waals surface area (Å²) < 4.78 is 0. The van der Waals surface area contributed by atoms with E-state index in [4.69, 9.17) is 11.5 Å². The number of aliphatic carboxylic acids is 1. The highest BCUT2D eigenvalue weighted by molar-refractivity contribution is 7.80. The molecule has 9 N–H and O–H groups in total. The Balaban J connectivity index is 4.94. The van der Waals surface area contributed by atoms with Crippen molar-refractivity contribution in [3.05, 3.63) is 0 Å². The Hall–Kier alpha value is -1.89. The first-order valence-electron chi connectivity index (χ1n) is 9.94. The van der Waals surface area contributed by atoms with Crippen molar-refractivity contribution in [2.45, 2.75) is 63.7 Å². The molecule has 0 aliphatic carbocycles. The monoisotopic (exact) mass is 449 g/mol. The van der Waals surface area contributed by atoms with Crippen LogP contribution in [0.2, 0.25) is 0 Å². The maximum atomic E-state index is 12.4. The van der Waals surface area contributed by atoms with Crippen LogP contribution in [0, 0.1) is 5.92 Å². The minimum atomic E-state index is -1.39. The summed E-state index contributed by atoms with van der Waals surface area (Å²) in [6.45, 7) is 3.17. The Morgan fingerprint density at radius 2 is 1.57 bits per heavy atom. The summed E-state index contributed by atoms with van der Waals surface area (Å²) in [6, 6.07) is -4.47. The molecule has 5 atom stereocenters. The number of hydrogen-bond donors (Lipinski definition) is 8. The summed E-state index contributed by atoms with van der Waals surface area (Å²) in [5.74, 6) is -3.79. The van der Waals surface area contributed by atoms with E-state index in [-0.39, 0.29) is 11.7 Å². The molecule has 0 aliphatic rings. The van der Waals surface area contributed by atoms with Gasteiger partial charge < -0.3 is 37.6 Å². The Morgan fingerprint density at radius 1 is 1.00 bits per heavy atom. The van der Waals surface area contributed by atoms with Crippen molar-refractivity contribution in [1.82, 2.24) is 16.0 Å². The molecule has 0 spiro atoms. The lowest BCUT2D eigenvalue weighted by molar-refractivity contribution is -0.144. The number of thiol groups is 1. The van der Waals surface area contributed by atoms with Crippen molar-refractivity contribution in [1.29, 1.82) is 0 Å². The first-order valence-corrected chi connectivity index (χ1v) is 10.6. The van der Waals surface area contributed by atoms with Crippen LogP contribution in [-0.4, -0.2) is 77.0 Å². The van der Waals surface area contributed by atoms with Gasteiger partial charge in [0.15, 0.2) is 0 Å². The van der Waals surface area contributed by atoms with Crippen LogP contribution in [0.15, 0.2) is 0 Å². The van der Waals surface area contributed by atoms with Crippen molar-refractivity contribution in [3.63, 3.8) is 0 Å². The average molecular weight is 450 g/mol. The number of carboxylic acids is 1. The van der Waals surface area contributed by atoms with Gasteiger partial charge in [-0.1, -0.05) is 26.7 Å². The van der Waals surface area contributed by atoms with Gasteiger partial charge in [0.05, 0.1) is 12.6 Å². The van der Waals surface area contributed by atoms with Crippen molar-refractivity contribution in [2.24, 2.45) is 17.4 Å². The van der Waals surface area contributed by atoms with Gasteiger partial charge in [-0.05, 0) is 25.3 Å². The molecule has 0 heterocycles. The molecule has 0 saturated carbocycles.